The van der Waals surface area contributed by atoms with Crippen molar-refractivity contribution >= 4 is 22.8 Å². The standard InChI is InChI=1S/C20H26FN3O6/c21-14-1-2-15-16(12-24(13-18(26)27)17(15)11-14)19(20(28)29)23-5-3-22(4-6-23)7-9-30-10-8-25/h1-2,11-12,19,25H,3-10,13H2,(H,26,27)(H,28,29)/t19-/m0/s1. The number of carbonyl (C=O) groups is 2. The summed E-state index contributed by atoms with van der Waals surface area (Å²) in [5.41, 5.74) is 0.816. The van der Waals surface area contributed by atoms with Gasteiger partial charge in [0.15, 0.2) is 0 Å². The van der Waals surface area contributed by atoms with Crippen LogP contribution in [0, 0.1) is 5.82 Å². The maximum absolute atomic E-state index is 13.8. The number of aliphatic hydroxyl groups excluding tert-OH is 1. The fraction of sp³-hybridized carbons (Fsp3) is 0.500. The second-order valence-electron chi connectivity index (χ2n) is 7.22. The van der Waals surface area contributed by atoms with Crippen molar-refractivity contribution in [2.45, 2.75) is 12.6 Å². The maximum atomic E-state index is 13.8. The molecule has 1 aliphatic rings. The van der Waals surface area contributed by atoms with Crippen molar-refractivity contribution < 1.29 is 34.0 Å². The number of hydrogen-bond donors (Lipinski definition) is 3. The van der Waals surface area contributed by atoms with E-state index in [0.717, 1.165) is 0 Å². The number of ether oxygens (including phenoxy) is 1. The van der Waals surface area contributed by atoms with E-state index < -0.39 is 23.8 Å². The highest BCUT2D eigenvalue weighted by Gasteiger charge is 2.33. The summed E-state index contributed by atoms with van der Waals surface area (Å²) in [5.74, 6) is -2.64. The molecule has 164 valence electrons. The lowest BCUT2D eigenvalue weighted by atomic mass is 10.0. The quantitative estimate of drug-likeness (QED) is 0.477. The van der Waals surface area contributed by atoms with Crippen molar-refractivity contribution in [3.63, 3.8) is 0 Å². The molecule has 3 rings (SSSR count). The number of aromatic nitrogens is 1. The second kappa shape index (κ2) is 9.98. The molecule has 0 saturated carbocycles. The van der Waals surface area contributed by atoms with Gasteiger partial charge < -0.3 is 24.6 Å². The van der Waals surface area contributed by atoms with Gasteiger partial charge in [-0.2, -0.15) is 0 Å². The topological polar surface area (TPSA) is 115 Å². The third kappa shape index (κ3) is 5.14. The van der Waals surface area contributed by atoms with Gasteiger partial charge in [-0.05, 0) is 18.2 Å². The fourth-order valence-electron chi connectivity index (χ4n) is 3.88. The fourth-order valence-corrected chi connectivity index (χ4v) is 3.88. The number of aliphatic hydroxyl groups is 1. The molecule has 1 atom stereocenters. The number of rotatable bonds is 10. The van der Waals surface area contributed by atoms with Crippen molar-refractivity contribution in [2.24, 2.45) is 0 Å². The molecule has 9 nitrogen and oxygen atoms in total. The Hall–Kier alpha value is -2.53. The zero-order chi connectivity index (χ0) is 21.7. The van der Waals surface area contributed by atoms with Gasteiger partial charge in [-0.1, -0.05) is 0 Å². The van der Waals surface area contributed by atoms with Crippen molar-refractivity contribution in [3.8, 4) is 0 Å². The van der Waals surface area contributed by atoms with E-state index in [1.165, 1.54) is 29.0 Å². The summed E-state index contributed by atoms with van der Waals surface area (Å²) in [5, 5.41) is 28.4. The van der Waals surface area contributed by atoms with Crippen LogP contribution in [0.15, 0.2) is 24.4 Å². The number of aliphatic carboxylic acids is 2. The number of hydrogen-bond acceptors (Lipinski definition) is 6. The van der Waals surface area contributed by atoms with Crippen molar-refractivity contribution in [1.29, 1.82) is 0 Å². The lowest BCUT2D eigenvalue weighted by Crippen LogP contribution is -2.49. The Morgan fingerprint density at radius 2 is 1.87 bits per heavy atom. The molecule has 2 heterocycles. The first-order valence-electron chi connectivity index (χ1n) is 9.78. The molecule has 0 unspecified atom stereocenters. The first-order chi connectivity index (χ1) is 14.4. The van der Waals surface area contributed by atoms with E-state index >= 15 is 0 Å². The zero-order valence-electron chi connectivity index (χ0n) is 16.5. The van der Waals surface area contributed by atoms with Crippen molar-refractivity contribution in [3.05, 3.63) is 35.8 Å². The van der Waals surface area contributed by atoms with E-state index in [-0.39, 0.29) is 13.2 Å². The minimum atomic E-state index is -1.09. The maximum Gasteiger partial charge on any atom is 0.325 e. The zero-order valence-corrected chi connectivity index (χ0v) is 16.5. The molecule has 1 aromatic carbocycles. The summed E-state index contributed by atoms with van der Waals surface area (Å²) in [4.78, 5) is 27.4. The normalized spacial score (nSPS) is 16.7. The molecule has 0 radical (unpaired) electrons. The van der Waals surface area contributed by atoms with Crippen LogP contribution in [0.2, 0.25) is 0 Å². The van der Waals surface area contributed by atoms with Gasteiger partial charge in [-0.3, -0.25) is 19.4 Å². The highest BCUT2D eigenvalue weighted by Crippen LogP contribution is 2.32. The Balaban J connectivity index is 1.80. The molecule has 2 aromatic rings. The van der Waals surface area contributed by atoms with Crippen LogP contribution in [-0.4, -0.2) is 94.2 Å². The molecular weight excluding hydrogens is 397 g/mol. The first-order valence-corrected chi connectivity index (χ1v) is 9.78. The van der Waals surface area contributed by atoms with E-state index in [4.69, 9.17) is 14.9 Å². The Kier molecular flexibility index (Phi) is 7.38. The molecule has 3 N–H and O–H groups in total. The summed E-state index contributed by atoms with van der Waals surface area (Å²) < 4.78 is 20.4. The second-order valence-corrected chi connectivity index (χ2v) is 7.22. The van der Waals surface area contributed by atoms with E-state index in [1.54, 1.807) is 0 Å². The van der Waals surface area contributed by atoms with Crippen molar-refractivity contribution in [1.82, 2.24) is 14.4 Å². The molecule has 1 aliphatic heterocycles. The highest BCUT2D eigenvalue weighted by molar-refractivity contribution is 5.90. The SMILES string of the molecule is O=C(O)Cn1cc([C@@H](C(=O)O)N2CCN(CCOCCO)CC2)c2ccc(F)cc21. The summed E-state index contributed by atoms with van der Waals surface area (Å²) in [6, 6.07) is 3.02. The number of piperazine rings is 1. The van der Waals surface area contributed by atoms with E-state index in [0.29, 0.717) is 62.4 Å². The molecule has 0 spiro atoms. The number of carboxylic acid groups (broad SMARTS) is 2. The molecule has 10 heteroatoms. The van der Waals surface area contributed by atoms with Crippen molar-refractivity contribution in [2.75, 3.05) is 52.5 Å². The third-order valence-corrected chi connectivity index (χ3v) is 5.27. The van der Waals surface area contributed by atoms with Crippen LogP contribution in [0.5, 0.6) is 0 Å². The van der Waals surface area contributed by atoms with Gasteiger partial charge in [0.25, 0.3) is 0 Å². The predicted molar refractivity (Wildman–Crippen MR) is 106 cm³/mol. The average molecular weight is 423 g/mol. The number of nitrogens with zero attached hydrogens (tertiary/aromatic N) is 3. The van der Waals surface area contributed by atoms with E-state index in [1.807, 2.05) is 4.90 Å². The van der Waals surface area contributed by atoms with Crippen LogP contribution in [0.25, 0.3) is 10.9 Å². The van der Waals surface area contributed by atoms with Gasteiger partial charge in [0.1, 0.15) is 18.4 Å². The van der Waals surface area contributed by atoms with Crippen LogP contribution in [0.4, 0.5) is 4.39 Å². The van der Waals surface area contributed by atoms with Gasteiger partial charge in [-0.15, -0.1) is 0 Å². The Morgan fingerprint density at radius 1 is 1.13 bits per heavy atom. The monoisotopic (exact) mass is 423 g/mol. The molecule has 1 saturated heterocycles. The van der Waals surface area contributed by atoms with E-state index in [9.17, 15) is 19.1 Å². The number of fused-ring (bicyclic) bond motifs is 1. The molecule has 30 heavy (non-hydrogen) atoms. The smallest absolute Gasteiger partial charge is 0.325 e. The van der Waals surface area contributed by atoms with Gasteiger partial charge in [0, 0.05) is 49.9 Å². The minimum absolute atomic E-state index is 0.0204. The Labute approximate surface area is 172 Å². The summed E-state index contributed by atoms with van der Waals surface area (Å²) in [6.07, 6.45) is 1.51. The summed E-state index contributed by atoms with van der Waals surface area (Å²) in [7, 11) is 0. The number of halogens is 1. The molecule has 0 amide bonds. The third-order valence-electron chi connectivity index (χ3n) is 5.27. The van der Waals surface area contributed by atoms with E-state index in [2.05, 4.69) is 4.90 Å². The highest BCUT2D eigenvalue weighted by atomic mass is 19.1. The average Bonchev–Trinajstić information content (AvgIpc) is 3.03. The molecule has 0 aliphatic carbocycles. The lowest BCUT2D eigenvalue weighted by Gasteiger charge is -2.37. The number of benzene rings is 1. The molecule has 0 bridgehead atoms. The first kappa shape index (κ1) is 22.2. The van der Waals surface area contributed by atoms with Gasteiger partial charge in [0.05, 0.1) is 25.3 Å². The van der Waals surface area contributed by atoms with Crippen LogP contribution < -0.4 is 0 Å². The summed E-state index contributed by atoms with van der Waals surface area (Å²) in [6.45, 7) is 3.44. The van der Waals surface area contributed by atoms with Gasteiger partial charge in [0.2, 0.25) is 0 Å². The van der Waals surface area contributed by atoms with Crippen LogP contribution in [0.3, 0.4) is 0 Å². The Morgan fingerprint density at radius 3 is 2.50 bits per heavy atom. The Bertz CT molecular complexity index is 894. The predicted octanol–water partition coefficient (Wildman–Crippen LogP) is 0.617. The van der Waals surface area contributed by atoms with Crippen LogP contribution in [0.1, 0.15) is 11.6 Å². The van der Waals surface area contributed by atoms with Crippen LogP contribution in [-0.2, 0) is 20.9 Å². The van der Waals surface area contributed by atoms with Gasteiger partial charge in [-0.25, -0.2) is 4.39 Å². The minimum Gasteiger partial charge on any atom is -0.480 e. The lowest BCUT2D eigenvalue weighted by molar-refractivity contribution is -0.144. The molecular formula is C20H26FN3O6. The van der Waals surface area contributed by atoms with Crippen LogP contribution >= 0.6 is 0 Å². The summed E-state index contributed by atoms with van der Waals surface area (Å²) >= 11 is 0. The number of carboxylic acids is 2. The largest absolute Gasteiger partial charge is 0.480 e. The molecule has 1 aromatic heterocycles. The molecule has 1 fully saturated rings. The van der Waals surface area contributed by atoms with Gasteiger partial charge >= 0.3 is 11.9 Å².